The van der Waals surface area contributed by atoms with Gasteiger partial charge in [-0.2, -0.15) is 0 Å². The number of nitrogens with one attached hydrogen (secondary N) is 3. The molecule has 2 aromatic rings. The summed E-state index contributed by atoms with van der Waals surface area (Å²) in [6.07, 6.45) is 3.70. The zero-order valence-electron chi connectivity index (χ0n) is 15.6. The molecule has 0 aliphatic carbocycles. The quantitative estimate of drug-likeness (QED) is 0.676. The molecule has 0 unspecified atom stereocenters. The lowest BCUT2D eigenvalue weighted by atomic mass is 9.95. The maximum Gasteiger partial charge on any atom is 0.322 e. The van der Waals surface area contributed by atoms with Gasteiger partial charge in [0.25, 0.3) is 11.8 Å². The molecule has 1 atom stereocenters. The van der Waals surface area contributed by atoms with Crippen molar-refractivity contribution in [2.24, 2.45) is 0 Å². The van der Waals surface area contributed by atoms with E-state index in [1.165, 1.54) is 12.0 Å². The van der Waals surface area contributed by atoms with Crippen LogP contribution < -0.4 is 20.7 Å². The van der Waals surface area contributed by atoms with Gasteiger partial charge in [-0.05, 0) is 23.8 Å². The molecule has 148 valence electrons. The van der Waals surface area contributed by atoms with Gasteiger partial charge in [0.05, 0.1) is 19.3 Å². The summed E-state index contributed by atoms with van der Waals surface area (Å²) in [5, 5.41) is 8.10. The van der Waals surface area contributed by atoms with Crippen LogP contribution in [0.4, 0.5) is 10.5 Å². The average Bonchev–Trinajstić information content (AvgIpc) is 3.36. The van der Waals surface area contributed by atoms with E-state index in [2.05, 4.69) is 16.0 Å². The summed E-state index contributed by atoms with van der Waals surface area (Å²) in [5.41, 5.74) is 0.578. The van der Waals surface area contributed by atoms with E-state index < -0.39 is 17.5 Å². The van der Waals surface area contributed by atoms with Gasteiger partial charge in [0.1, 0.15) is 17.3 Å². The number of urea groups is 1. The summed E-state index contributed by atoms with van der Waals surface area (Å²) >= 11 is 0. The third-order valence-electron chi connectivity index (χ3n) is 5.43. The number of benzene rings is 1. The number of hydrogen-bond acceptors (Lipinski definition) is 6. The third kappa shape index (κ3) is 2.58. The van der Waals surface area contributed by atoms with E-state index in [4.69, 9.17) is 9.15 Å². The zero-order valence-corrected chi connectivity index (χ0v) is 15.6. The highest BCUT2D eigenvalue weighted by Gasteiger charge is 2.53. The Morgan fingerprint density at radius 3 is 2.83 bits per heavy atom. The molecule has 3 N–H and O–H groups in total. The second-order valence-electron chi connectivity index (χ2n) is 7.17. The first kappa shape index (κ1) is 17.4. The molecule has 4 heterocycles. The van der Waals surface area contributed by atoms with Crippen LogP contribution in [0.3, 0.4) is 0 Å². The third-order valence-corrected chi connectivity index (χ3v) is 5.43. The molecule has 29 heavy (non-hydrogen) atoms. The van der Waals surface area contributed by atoms with Gasteiger partial charge in [-0.1, -0.05) is 12.1 Å². The number of anilines is 1. The number of amides is 4. The maximum atomic E-state index is 13.0. The fraction of sp³-hybridized carbons (Fsp3) is 0.250. The van der Waals surface area contributed by atoms with Gasteiger partial charge in [0, 0.05) is 24.7 Å². The lowest BCUT2D eigenvalue weighted by Crippen LogP contribution is -2.52. The van der Waals surface area contributed by atoms with E-state index in [1.807, 2.05) is 12.1 Å². The van der Waals surface area contributed by atoms with Crippen LogP contribution in [0, 0.1) is 0 Å². The van der Waals surface area contributed by atoms with E-state index in [0.717, 1.165) is 11.3 Å². The number of rotatable bonds is 4. The zero-order chi connectivity index (χ0) is 20.2. The number of methoxy groups -OCH3 is 1. The molecular formula is C20H18N4O5. The molecule has 3 aliphatic heterocycles. The molecule has 4 amide bonds. The number of carbonyl (C=O) groups is 3. The number of ether oxygens (including phenoxy) is 1. The SMILES string of the molecule is COc1ccc2c(c1)C(=O)N(C[C@@]1(c3cc4c(o3)C=CCN4)NC(=O)NC1=O)C2. The number of furan rings is 1. The fourth-order valence-electron chi connectivity index (χ4n) is 3.95. The molecule has 1 saturated heterocycles. The van der Waals surface area contributed by atoms with Crippen LogP contribution in [0.2, 0.25) is 0 Å². The largest absolute Gasteiger partial charge is 0.497 e. The van der Waals surface area contributed by atoms with E-state index in [1.54, 1.807) is 24.3 Å². The first-order valence-corrected chi connectivity index (χ1v) is 9.15. The topological polar surface area (TPSA) is 113 Å². The molecule has 0 spiro atoms. The van der Waals surface area contributed by atoms with E-state index >= 15 is 0 Å². The summed E-state index contributed by atoms with van der Waals surface area (Å²) in [6, 6.07) is 6.36. The summed E-state index contributed by atoms with van der Waals surface area (Å²) in [7, 11) is 1.54. The van der Waals surface area contributed by atoms with Crippen LogP contribution in [-0.2, 0) is 16.9 Å². The molecular weight excluding hydrogens is 376 g/mol. The molecule has 1 aromatic heterocycles. The highest BCUT2D eigenvalue weighted by atomic mass is 16.5. The van der Waals surface area contributed by atoms with Crippen molar-refractivity contribution in [3.63, 3.8) is 0 Å². The molecule has 0 saturated carbocycles. The van der Waals surface area contributed by atoms with Crippen molar-refractivity contribution in [1.29, 1.82) is 0 Å². The first-order chi connectivity index (χ1) is 14.0. The van der Waals surface area contributed by atoms with Gasteiger partial charge in [-0.15, -0.1) is 0 Å². The summed E-state index contributed by atoms with van der Waals surface area (Å²) < 4.78 is 11.1. The minimum atomic E-state index is -1.51. The van der Waals surface area contributed by atoms with Gasteiger partial charge >= 0.3 is 6.03 Å². The normalized spacial score (nSPS) is 22.1. The van der Waals surface area contributed by atoms with Gasteiger partial charge < -0.3 is 24.7 Å². The van der Waals surface area contributed by atoms with Crippen LogP contribution in [-0.4, -0.2) is 42.9 Å². The second kappa shape index (κ2) is 6.13. The predicted molar refractivity (Wildman–Crippen MR) is 102 cm³/mol. The monoisotopic (exact) mass is 394 g/mol. The van der Waals surface area contributed by atoms with E-state index in [9.17, 15) is 14.4 Å². The van der Waals surface area contributed by atoms with Crippen LogP contribution in [0.5, 0.6) is 5.75 Å². The highest BCUT2D eigenvalue weighted by molar-refractivity contribution is 6.08. The average molecular weight is 394 g/mol. The number of imide groups is 1. The summed E-state index contributed by atoms with van der Waals surface area (Å²) in [4.78, 5) is 39.4. The Morgan fingerprint density at radius 1 is 1.24 bits per heavy atom. The minimum Gasteiger partial charge on any atom is -0.497 e. The van der Waals surface area contributed by atoms with Crippen molar-refractivity contribution in [3.8, 4) is 5.75 Å². The Balaban J connectivity index is 1.52. The number of carbonyl (C=O) groups excluding carboxylic acids is 3. The Labute approximate surface area is 165 Å². The molecule has 0 radical (unpaired) electrons. The maximum absolute atomic E-state index is 13.0. The predicted octanol–water partition coefficient (Wildman–Crippen LogP) is 1.42. The molecule has 1 fully saturated rings. The van der Waals surface area contributed by atoms with Gasteiger partial charge in [0.2, 0.25) is 0 Å². The van der Waals surface area contributed by atoms with Crippen molar-refractivity contribution in [1.82, 2.24) is 15.5 Å². The van der Waals surface area contributed by atoms with Crippen molar-refractivity contribution in [3.05, 3.63) is 53.0 Å². The van der Waals surface area contributed by atoms with Gasteiger partial charge in [0.15, 0.2) is 5.54 Å². The Bertz CT molecular complexity index is 1090. The smallest absolute Gasteiger partial charge is 0.322 e. The molecule has 3 aliphatic rings. The summed E-state index contributed by atoms with van der Waals surface area (Å²) in [5.74, 6) is 0.629. The molecule has 5 rings (SSSR count). The van der Waals surface area contributed by atoms with E-state index in [0.29, 0.717) is 30.2 Å². The number of nitrogens with zero attached hydrogens (tertiary/aromatic N) is 1. The molecule has 1 aromatic carbocycles. The molecule has 0 bridgehead atoms. The fourth-order valence-corrected chi connectivity index (χ4v) is 3.95. The second-order valence-corrected chi connectivity index (χ2v) is 7.17. The first-order valence-electron chi connectivity index (χ1n) is 9.15. The van der Waals surface area contributed by atoms with Crippen LogP contribution >= 0.6 is 0 Å². The molecule has 9 nitrogen and oxygen atoms in total. The van der Waals surface area contributed by atoms with Crippen LogP contribution in [0.25, 0.3) is 6.08 Å². The van der Waals surface area contributed by atoms with Crippen molar-refractivity contribution < 1.29 is 23.5 Å². The Hall–Kier alpha value is -3.75. The lowest BCUT2D eigenvalue weighted by Gasteiger charge is -2.29. The van der Waals surface area contributed by atoms with Crippen molar-refractivity contribution in [2.45, 2.75) is 12.1 Å². The summed E-state index contributed by atoms with van der Waals surface area (Å²) in [6.45, 7) is 0.900. The standard InChI is InChI=1S/C20H18N4O5/c1-28-12-5-4-11-9-24(17(25)13(11)7-12)10-20(18(26)22-19(27)23-20)16-8-14-15(29-16)3-2-6-21-14/h2-5,7-8,21H,6,9-10H2,1H3,(H2,22,23,26,27)/t20-/m0/s1. The highest BCUT2D eigenvalue weighted by Crippen LogP contribution is 2.36. The van der Waals surface area contributed by atoms with Crippen LogP contribution in [0.15, 0.2) is 34.8 Å². The van der Waals surface area contributed by atoms with Crippen molar-refractivity contribution >= 4 is 29.6 Å². The minimum absolute atomic E-state index is 0.0590. The Morgan fingerprint density at radius 2 is 2.10 bits per heavy atom. The van der Waals surface area contributed by atoms with E-state index in [-0.39, 0.29) is 18.2 Å². The number of hydrogen-bond donors (Lipinski definition) is 3. The number of fused-ring (bicyclic) bond motifs is 2. The Kier molecular flexibility index (Phi) is 3.67. The van der Waals surface area contributed by atoms with Crippen LogP contribution in [0.1, 0.15) is 27.4 Å². The van der Waals surface area contributed by atoms with Gasteiger partial charge in [-0.3, -0.25) is 14.9 Å². The van der Waals surface area contributed by atoms with Gasteiger partial charge in [-0.25, -0.2) is 4.79 Å². The molecule has 9 heteroatoms. The lowest BCUT2D eigenvalue weighted by molar-refractivity contribution is -0.125. The van der Waals surface area contributed by atoms with Crippen molar-refractivity contribution in [2.75, 3.05) is 25.5 Å².